The third-order valence-electron chi connectivity index (χ3n) is 4.61. The molecule has 32 heavy (non-hydrogen) atoms. The number of nitrogens with one attached hydrogen (secondary N) is 1. The van der Waals surface area contributed by atoms with Crippen LogP contribution in [0.3, 0.4) is 0 Å². The molecule has 2 heterocycles. The Balaban J connectivity index is 1.36. The fraction of sp³-hybridized carbons (Fsp3) is 0.136. The lowest BCUT2D eigenvalue weighted by atomic mass is 10.1. The standard InChI is InChI=1S/C22H17N3O4S3/c1-29-20(28)14-8-6-13(7-9-14)12-17-19(27)25(22(30)32-17)11-10-18(26)24-21-23-15-4-2-3-5-16(15)31-21/h2-9,12H,10-11H2,1H3,(H,23,24,26)/b17-12-. The molecule has 4 rings (SSSR count). The van der Waals surface area contributed by atoms with Crippen LogP contribution in [0.4, 0.5) is 5.13 Å². The van der Waals surface area contributed by atoms with Crippen molar-refractivity contribution in [1.29, 1.82) is 0 Å². The van der Waals surface area contributed by atoms with Gasteiger partial charge in [0.05, 0.1) is 27.8 Å². The smallest absolute Gasteiger partial charge is 0.337 e. The second-order valence-corrected chi connectivity index (χ2v) is 9.44. The van der Waals surface area contributed by atoms with Crippen molar-refractivity contribution in [2.24, 2.45) is 0 Å². The van der Waals surface area contributed by atoms with Crippen molar-refractivity contribution in [2.75, 3.05) is 19.0 Å². The van der Waals surface area contributed by atoms with Crippen LogP contribution in [-0.4, -0.2) is 45.6 Å². The highest BCUT2D eigenvalue weighted by atomic mass is 32.2. The lowest BCUT2D eigenvalue weighted by Crippen LogP contribution is -2.31. The zero-order valence-electron chi connectivity index (χ0n) is 16.9. The van der Waals surface area contributed by atoms with Gasteiger partial charge >= 0.3 is 5.97 Å². The van der Waals surface area contributed by atoms with E-state index in [2.05, 4.69) is 15.0 Å². The summed E-state index contributed by atoms with van der Waals surface area (Å²) in [5.74, 6) is -0.905. The van der Waals surface area contributed by atoms with Crippen molar-refractivity contribution in [2.45, 2.75) is 6.42 Å². The normalized spacial score (nSPS) is 14.9. The summed E-state index contributed by atoms with van der Waals surface area (Å²) in [5.41, 5.74) is 2.01. The molecule has 0 saturated carbocycles. The maximum Gasteiger partial charge on any atom is 0.337 e. The largest absolute Gasteiger partial charge is 0.465 e. The molecule has 162 valence electrons. The Labute approximate surface area is 197 Å². The van der Waals surface area contributed by atoms with Gasteiger partial charge in [-0.15, -0.1) is 0 Å². The number of anilines is 1. The first-order valence-electron chi connectivity index (χ1n) is 9.54. The Bertz CT molecular complexity index is 1220. The van der Waals surface area contributed by atoms with E-state index in [9.17, 15) is 14.4 Å². The number of ether oxygens (including phenoxy) is 1. The number of amides is 2. The van der Waals surface area contributed by atoms with Gasteiger partial charge in [-0.2, -0.15) is 0 Å². The molecule has 0 bridgehead atoms. The van der Waals surface area contributed by atoms with Gasteiger partial charge in [-0.05, 0) is 35.9 Å². The van der Waals surface area contributed by atoms with Gasteiger partial charge in [0.2, 0.25) is 5.91 Å². The predicted octanol–water partition coefficient (Wildman–Crippen LogP) is 4.31. The summed E-state index contributed by atoms with van der Waals surface area (Å²) in [6.45, 7) is 0.181. The zero-order valence-corrected chi connectivity index (χ0v) is 19.3. The van der Waals surface area contributed by atoms with Crippen molar-refractivity contribution in [3.63, 3.8) is 0 Å². The fourth-order valence-corrected chi connectivity index (χ4v) is 5.19. The molecular formula is C22H17N3O4S3. The van der Waals surface area contributed by atoms with E-state index in [0.29, 0.717) is 19.9 Å². The summed E-state index contributed by atoms with van der Waals surface area (Å²) < 4.78 is 6.07. The molecule has 1 fully saturated rings. The van der Waals surface area contributed by atoms with Crippen LogP contribution in [-0.2, 0) is 14.3 Å². The number of carbonyl (C=O) groups excluding carboxylic acids is 3. The summed E-state index contributed by atoms with van der Waals surface area (Å²) in [5, 5.41) is 3.31. The molecule has 0 radical (unpaired) electrons. The number of nitrogens with zero attached hydrogens (tertiary/aromatic N) is 2. The van der Waals surface area contributed by atoms with Gasteiger partial charge in [0.25, 0.3) is 5.91 Å². The van der Waals surface area contributed by atoms with Crippen LogP contribution >= 0.6 is 35.3 Å². The summed E-state index contributed by atoms with van der Waals surface area (Å²) in [4.78, 5) is 42.9. The number of para-hydroxylation sites is 1. The summed E-state index contributed by atoms with van der Waals surface area (Å²) in [6.07, 6.45) is 1.81. The van der Waals surface area contributed by atoms with E-state index in [1.165, 1.54) is 35.1 Å². The first-order chi connectivity index (χ1) is 15.4. The summed E-state index contributed by atoms with van der Waals surface area (Å²) in [7, 11) is 1.32. The monoisotopic (exact) mass is 483 g/mol. The van der Waals surface area contributed by atoms with Crippen molar-refractivity contribution >= 4 is 78.8 Å². The summed E-state index contributed by atoms with van der Waals surface area (Å²) >= 11 is 7.92. The van der Waals surface area contributed by atoms with E-state index in [1.807, 2.05) is 24.3 Å². The van der Waals surface area contributed by atoms with Crippen LogP contribution in [0.25, 0.3) is 16.3 Å². The van der Waals surface area contributed by atoms with Gasteiger partial charge < -0.3 is 10.1 Å². The van der Waals surface area contributed by atoms with Gasteiger partial charge in [0, 0.05) is 13.0 Å². The second-order valence-electron chi connectivity index (χ2n) is 6.73. The quantitative estimate of drug-likeness (QED) is 0.317. The number of carbonyl (C=O) groups is 3. The van der Waals surface area contributed by atoms with Crippen LogP contribution in [0.2, 0.25) is 0 Å². The number of esters is 1. The van der Waals surface area contributed by atoms with Crippen molar-refractivity contribution in [3.05, 3.63) is 64.6 Å². The van der Waals surface area contributed by atoms with Gasteiger partial charge in [0.15, 0.2) is 5.13 Å². The van der Waals surface area contributed by atoms with Crippen molar-refractivity contribution in [3.8, 4) is 0 Å². The average Bonchev–Trinajstić information content (AvgIpc) is 3.31. The number of rotatable bonds is 6. The van der Waals surface area contributed by atoms with Crippen LogP contribution in [0.1, 0.15) is 22.3 Å². The molecule has 1 aliphatic rings. The third-order valence-corrected chi connectivity index (χ3v) is 6.94. The zero-order chi connectivity index (χ0) is 22.7. The number of fused-ring (bicyclic) bond motifs is 1. The summed E-state index contributed by atoms with van der Waals surface area (Å²) in [6, 6.07) is 14.4. The molecule has 1 saturated heterocycles. The molecule has 7 nitrogen and oxygen atoms in total. The molecule has 1 N–H and O–H groups in total. The molecular weight excluding hydrogens is 466 g/mol. The molecule has 2 amide bonds. The number of benzene rings is 2. The maximum absolute atomic E-state index is 12.8. The molecule has 0 unspecified atom stereocenters. The lowest BCUT2D eigenvalue weighted by Gasteiger charge is -2.13. The first-order valence-corrected chi connectivity index (χ1v) is 11.6. The SMILES string of the molecule is COC(=O)c1ccc(/C=C2\SC(=S)N(CCC(=O)Nc3nc4ccccc4s3)C2=O)cc1. The molecule has 10 heteroatoms. The minimum atomic E-state index is -0.424. The molecule has 0 atom stereocenters. The lowest BCUT2D eigenvalue weighted by molar-refractivity contribution is -0.122. The van der Waals surface area contributed by atoms with Gasteiger partial charge in [0.1, 0.15) is 4.32 Å². The molecule has 1 aromatic heterocycles. The highest BCUT2D eigenvalue weighted by Crippen LogP contribution is 2.33. The number of aromatic nitrogens is 1. The van der Waals surface area contributed by atoms with Crippen molar-refractivity contribution in [1.82, 2.24) is 9.88 Å². The van der Waals surface area contributed by atoms with E-state index < -0.39 is 5.97 Å². The van der Waals surface area contributed by atoms with Gasteiger partial charge in [-0.1, -0.05) is 59.6 Å². The highest BCUT2D eigenvalue weighted by molar-refractivity contribution is 8.26. The Hall–Kier alpha value is -3.08. The highest BCUT2D eigenvalue weighted by Gasteiger charge is 2.32. The van der Waals surface area contributed by atoms with Crippen molar-refractivity contribution < 1.29 is 19.1 Å². The number of hydrogen-bond acceptors (Lipinski definition) is 8. The van der Waals surface area contributed by atoms with E-state index in [-0.39, 0.29) is 24.8 Å². The molecule has 2 aromatic carbocycles. The maximum atomic E-state index is 12.8. The minimum absolute atomic E-state index is 0.101. The average molecular weight is 484 g/mol. The number of thiocarbonyl (C=S) groups is 1. The Morgan fingerprint density at radius 2 is 1.94 bits per heavy atom. The van der Waals surface area contributed by atoms with Crippen LogP contribution in [0.5, 0.6) is 0 Å². The Kier molecular flexibility index (Phi) is 6.63. The topological polar surface area (TPSA) is 88.6 Å². The van der Waals surface area contributed by atoms with Gasteiger partial charge in [-0.3, -0.25) is 14.5 Å². The number of hydrogen-bond donors (Lipinski definition) is 1. The molecule has 0 aliphatic carbocycles. The Morgan fingerprint density at radius 3 is 2.66 bits per heavy atom. The first kappa shape index (κ1) is 22.1. The van der Waals surface area contributed by atoms with Crippen LogP contribution < -0.4 is 5.32 Å². The van der Waals surface area contributed by atoms with E-state index >= 15 is 0 Å². The number of thiazole rings is 1. The van der Waals surface area contributed by atoms with E-state index in [4.69, 9.17) is 12.2 Å². The molecule has 0 spiro atoms. The number of methoxy groups -OCH3 is 1. The van der Waals surface area contributed by atoms with Crippen LogP contribution in [0.15, 0.2) is 53.4 Å². The van der Waals surface area contributed by atoms with Crippen LogP contribution in [0, 0.1) is 0 Å². The van der Waals surface area contributed by atoms with Gasteiger partial charge in [-0.25, -0.2) is 9.78 Å². The number of thioether (sulfide) groups is 1. The fourth-order valence-electron chi connectivity index (χ4n) is 3.00. The second kappa shape index (κ2) is 9.60. The van der Waals surface area contributed by atoms with E-state index in [1.54, 1.807) is 30.3 Å². The Morgan fingerprint density at radius 1 is 1.19 bits per heavy atom. The minimum Gasteiger partial charge on any atom is -0.465 e. The van der Waals surface area contributed by atoms with E-state index in [0.717, 1.165) is 15.8 Å². The third kappa shape index (κ3) is 4.87. The molecule has 3 aromatic rings. The molecule has 1 aliphatic heterocycles. The predicted molar refractivity (Wildman–Crippen MR) is 131 cm³/mol.